The van der Waals surface area contributed by atoms with Gasteiger partial charge in [-0.25, -0.2) is 15.0 Å². The van der Waals surface area contributed by atoms with E-state index in [9.17, 15) is 4.79 Å². The number of hydrogen-bond donors (Lipinski definition) is 1. The van der Waals surface area contributed by atoms with Gasteiger partial charge in [-0.3, -0.25) is 9.78 Å². The number of aryl methyl sites for hydroxylation is 1. The van der Waals surface area contributed by atoms with Crippen LogP contribution in [0.15, 0.2) is 48.8 Å². The largest absolute Gasteiger partial charge is 0.437 e. The topological polar surface area (TPSA) is 107 Å². The smallest absolute Gasteiger partial charge is 0.272 e. The van der Waals surface area contributed by atoms with Gasteiger partial charge in [0, 0.05) is 30.9 Å². The number of benzene rings is 1. The number of rotatable bonds is 4. The molecular formula is C21H22N6O2. The van der Waals surface area contributed by atoms with Crippen LogP contribution in [0.1, 0.15) is 40.6 Å². The molecule has 0 bridgehead atoms. The van der Waals surface area contributed by atoms with Crippen LogP contribution < -0.4 is 10.5 Å². The average molecular weight is 390 g/mol. The quantitative estimate of drug-likeness (QED) is 0.730. The summed E-state index contributed by atoms with van der Waals surface area (Å²) in [6.45, 7) is 3.01. The Balaban J connectivity index is 1.49. The molecule has 2 aromatic heterocycles. The lowest BCUT2D eigenvalue weighted by Gasteiger charge is -2.32. The lowest BCUT2D eigenvalue weighted by molar-refractivity contribution is 0.0699. The summed E-state index contributed by atoms with van der Waals surface area (Å²) in [5.74, 6) is 1.20. The summed E-state index contributed by atoms with van der Waals surface area (Å²) < 4.78 is 5.79. The van der Waals surface area contributed by atoms with Crippen molar-refractivity contribution in [3.05, 3.63) is 65.9 Å². The van der Waals surface area contributed by atoms with Crippen LogP contribution in [0, 0.1) is 6.92 Å². The zero-order valence-corrected chi connectivity index (χ0v) is 16.2. The Morgan fingerprint density at radius 2 is 2.00 bits per heavy atom. The third kappa shape index (κ3) is 4.48. The molecule has 1 aliphatic heterocycles. The number of anilines is 1. The molecule has 0 radical (unpaired) electrons. The van der Waals surface area contributed by atoms with Crippen molar-refractivity contribution in [1.29, 1.82) is 0 Å². The molecule has 1 aliphatic rings. The third-order valence-corrected chi connectivity index (χ3v) is 4.81. The molecule has 1 unspecified atom stereocenters. The normalized spacial score (nSPS) is 16.4. The highest BCUT2D eigenvalue weighted by atomic mass is 16.5. The van der Waals surface area contributed by atoms with Crippen LogP contribution in [-0.2, 0) is 0 Å². The van der Waals surface area contributed by atoms with Crippen LogP contribution in [0.25, 0.3) is 0 Å². The van der Waals surface area contributed by atoms with Crippen molar-refractivity contribution in [2.45, 2.75) is 25.7 Å². The molecule has 0 spiro atoms. The standard InChI is InChI=1S/C21H22N6O2/c1-14-10-17(26-21(22)24-14)20(28)27-9-5-6-15(13-27)18-11-23-12-19(25-18)29-16-7-3-2-4-8-16/h2-4,7-8,10-12,15H,5-6,9,13H2,1H3,(H2,22,24,26). The fourth-order valence-electron chi connectivity index (χ4n) is 3.48. The van der Waals surface area contributed by atoms with E-state index in [1.807, 2.05) is 30.3 Å². The second kappa shape index (κ2) is 8.22. The zero-order chi connectivity index (χ0) is 20.2. The number of amides is 1. The first-order valence-corrected chi connectivity index (χ1v) is 9.54. The molecule has 148 valence electrons. The van der Waals surface area contributed by atoms with E-state index in [1.165, 1.54) is 0 Å². The third-order valence-electron chi connectivity index (χ3n) is 4.81. The molecular weight excluding hydrogens is 368 g/mol. The van der Waals surface area contributed by atoms with Gasteiger partial charge in [0.25, 0.3) is 5.91 Å². The van der Waals surface area contributed by atoms with Gasteiger partial charge < -0.3 is 15.4 Å². The van der Waals surface area contributed by atoms with Crippen LogP contribution in [0.5, 0.6) is 11.6 Å². The molecule has 0 aliphatic carbocycles. The maximum absolute atomic E-state index is 12.9. The fourth-order valence-corrected chi connectivity index (χ4v) is 3.48. The summed E-state index contributed by atoms with van der Waals surface area (Å²) in [4.78, 5) is 31.7. The molecule has 3 aromatic rings. The summed E-state index contributed by atoms with van der Waals surface area (Å²) >= 11 is 0. The first-order chi connectivity index (χ1) is 14.1. The highest BCUT2D eigenvalue weighted by molar-refractivity contribution is 5.92. The predicted octanol–water partition coefficient (Wildman–Crippen LogP) is 2.97. The summed E-state index contributed by atoms with van der Waals surface area (Å²) in [5.41, 5.74) is 7.51. The van der Waals surface area contributed by atoms with Gasteiger partial charge in [-0.2, -0.15) is 0 Å². The molecule has 1 saturated heterocycles. The van der Waals surface area contributed by atoms with Gasteiger partial charge >= 0.3 is 0 Å². The summed E-state index contributed by atoms with van der Waals surface area (Å²) in [7, 11) is 0. The van der Waals surface area contributed by atoms with Crippen LogP contribution in [0.3, 0.4) is 0 Å². The Bertz CT molecular complexity index is 991. The number of piperidine rings is 1. The van der Waals surface area contributed by atoms with Crippen LogP contribution in [0.2, 0.25) is 0 Å². The first-order valence-electron chi connectivity index (χ1n) is 9.54. The molecule has 0 saturated carbocycles. The van der Waals surface area contributed by atoms with Crippen molar-refractivity contribution in [3.63, 3.8) is 0 Å². The molecule has 1 aromatic carbocycles. The van der Waals surface area contributed by atoms with E-state index in [-0.39, 0.29) is 17.8 Å². The molecule has 2 N–H and O–H groups in total. The van der Waals surface area contributed by atoms with Crippen molar-refractivity contribution >= 4 is 11.9 Å². The number of carbonyl (C=O) groups excluding carboxylic acids is 1. The van der Waals surface area contributed by atoms with Crippen molar-refractivity contribution in [2.75, 3.05) is 18.8 Å². The Morgan fingerprint density at radius 3 is 2.79 bits per heavy atom. The number of nitrogens with zero attached hydrogens (tertiary/aromatic N) is 5. The van der Waals surface area contributed by atoms with Crippen LogP contribution in [-0.4, -0.2) is 43.8 Å². The fraction of sp³-hybridized carbons (Fsp3) is 0.286. The van der Waals surface area contributed by atoms with Crippen molar-refractivity contribution in [3.8, 4) is 11.6 Å². The molecule has 1 fully saturated rings. The summed E-state index contributed by atoms with van der Waals surface area (Å²) in [6.07, 6.45) is 5.14. The maximum Gasteiger partial charge on any atom is 0.272 e. The number of aromatic nitrogens is 4. The second-order valence-electron chi connectivity index (χ2n) is 7.04. The highest BCUT2D eigenvalue weighted by Crippen LogP contribution is 2.28. The van der Waals surface area contributed by atoms with E-state index in [0.29, 0.717) is 36.1 Å². The lowest BCUT2D eigenvalue weighted by atomic mass is 9.95. The van der Waals surface area contributed by atoms with E-state index in [2.05, 4.69) is 19.9 Å². The minimum atomic E-state index is -0.142. The van der Waals surface area contributed by atoms with E-state index in [4.69, 9.17) is 10.5 Å². The Labute approximate surface area is 168 Å². The monoisotopic (exact) mass is 390 g/mol. The van der Waals surface area contributed by atoms with E-state index >= 15 is 0 Å². The molecule has 3 heterocycles. The minimum Gasteiger partial charge on any atom is -0.437 e. The van der Waals surface area contributed by atoms with Gasteiger partial charge in [0.05, 0.1) is 11.9 Å². The number of likely N-dealkylation sites (tertiary alicyclic amines) is 1. The Hall–Kier alpha value is -3.55. The number of nitrogens with two attached hydrogens (primary N) is 1. The van der Waals surface area contributed by atoms with E-state index < -0.39 is 0 Å². The summed E-state index contributed by atoms with van der Waals surface area (Å²) in [5, 5.41) is 0. The molecule has 1 atom stereocenters. The highest BCUT2D eigenvalue weighted by Gasteiger charge is 2.27. The SMILES string of the molecule is Cc1cc(C(=O)N2CCCC(c3cncc(Oc4ccccc4)n3)C2)nc(N)n1. The number of para-hydroxylation sites is 1. The zero-order valence-electron chi connectivity index (χ0n) is 16.2. The van der Waals surface area contributed by atoms with Gasteiger partial charge in [-0.15, -0.1) is 0 Å². The van der Waals surface area contributed by atoms with Gasteiger partial charge in [0.15, 0.2) is 0 Å². The second-order valence-corrected chi connectivity index (χ2v) is 7.04. The molecule has 4 rings (SSSR count). The maximum atomic E-state index is 12.9. The van der Waals surface area contributed by atoms with E-state index in [1.54, 1.807) is 30.3 Å². The average Bonchev–Trinajstić information content (AvgIpc) is 2.73. The van der Waals surface area contributed by atoms with Gasteiger partial charge in [0.1, 0.15) is 11.4 Å². The van der Waals surface area contributed by atoms with Gasteiger partial charge in [0.2, 0.25) is 11.8 Å². The molecule has 8 heteroatoms. The predicted molar refractivity (Wildman–Crippen MR) is 108 cm³/mol. The summed E-state index contributed by atoms with van der Waals surface area (Å²) in [6, 6.07) is 11.1. The number of hydrogen-bond acceptors (Lipinski definition) is 7. The first kappa shape index (κ1) is 18.8. The molecule has 29 heavy (non-hydrogen) atoms. The van der Waals surface area contributed by atoms with Crippen molar-refractivity contribution in [2.24, 2.45) is 0 Å². The minimum absolute atomic E-state index is 0.0832. The van der Waals surface area contributed by atoms with Gasteiger partial charge in [-0.05, 0) is 38.0 Å². The van der Waals surface area contributed by atoms with Crippen LogP contribution >= 0.6 is 0 Å². The molecule has 8 nitrogen and oxygen atoms in total. The Morgan fingerprint density at radius 1 is 1.17 bits per heavy atom. The number of carbonyl (C=O) groups is 1. The van der Waals surface area contributed by atoms with Crippen LogP contribution in [0.4, 0.5) is 5.95 Å². The van der Waals surface area contributed by atoms with E-state index in [0.717, 1.165) is 18.5 Å². The number of nitrogen functional groups attached to an aromatic ring is 1. The number of ether oxygens (including phenoxy) is 1. The lowest BCUT2D eigenvalue weighted by Crippen LogP contribution is -2.39. The molecule has 1 amide bonds. The van der Waals surface area contributed by atoms with Gasteiger partial charge in [-0.1, -0.05) is 18.2 Å². The van der Waals surface area contributed by atoms with Crippen molar-refractivity contribution in [1.82, 2.24) is 24.8 Å². The van der Waals surface area contributed by atoms with Crippen molar-refractivity contribution < 1.29 is 9.53 Å². The Kier molecular flexibility index (Phi) is 5.33.